The Bertz CT molecular complexity index is 525. The highest BCUT2D eigenvalue weighted by atomic mass is 35.5. The van der Waals surface area contributed by atoms with E-state index >= 15 is 0 Å². The van der Waals surface area contributed by atoms with E-state index in [2.05, 4.69) is 5.32 Å². The number of carbonyl (C=O) groups is 2. The highest BCUT2D eigenvalue weighted by Crippen LogP contribution is 2.21. The van der Waals surface area contributed by atoms with Crippen LogP contribution in [0.3, 0.4) is 0 Å². The number of nitrogens with one attached hydrogen (secondary N) is 1. The van der Waals surface area contributed by atoms with Crippen LogP contribution in [0.2, 0.25) is 10.0 Å². The number of hydrogen-bond donors (Lipinski definition) is 1. The van der Waals surface area contributed by atoms with Gasteiger partial charge in [0.05, 0.1) is 0 Å². The molecule has 1 fully saturated rings. The van der Waals surface area contributed by atoms with Gasteiger partial charge in [0.25, 0.3) is 5.24 Å². The maximum Gasteiger partial charge on any atom is 0.282 e. The molecule has 0 aromatic heterocycles. The number of benzene rings is 1. The van der Waals surface area contributed by atoms with Crippen LogP contribution in [0, 0.1) is 0 Å². The largest absolute Gasteiger partial charge is 0.354 e. The van der Waals surface area contributed by atoms with Gasteiger partial charge in [-0.2, -0.15) is 0 Å². The SMILES string of the molecule is O=C(CN1CCSC1=O)NCCc1ccc(Cl)cc1Cl. The Morgan fingerprint density at radius 2 is 2.20 bits per heavy atom. The third-order valence-electron chi connectivity index (χ3n) is 2.91. The number of halogens is 2. The zero-order valence-corrected chi connectivity index (χ0v) is 13.0. The van der Waals surface area contributed by atoms with E-state index in [9.17, 15) is 9.59 Å². The number of nitrogens with zero attached hydrogens (tertiary/aromatic N) is 1. The van der Waals surface area contributed by atoms with Crippen molar-refractivity contribution < 1.29 is 9.59 Å². The van der Waals surface area contributed by atoms with Gasteiger partial charge in [-0.05, 0) is 24.1 Å². The molecule has 1 N–H and O–H groups in total. The number of amides is 2. The van der Waals surface area contributed by atoms with Crippen molar-refractivity contribution in [2.24, 2.45) is 0 Å². The summed E-state index contributed by atoms with van der Waals surface area (Å²) < 4.78 is 0. The molecule has 1 aliphatic heterocycles. The summed E-state index contributed by atoms with van der Waals surface area (Å²) in [5, 5.41) is 3.95. The summed E-state index contributed by atoms with van der Waals surface area (Å²) in [6, 6.07) is 5.29. The van der Waals surface area contributed by atoms with E-state index in [1.54, 1.807) is 17.0 Å². The molecule has 0 aliphatic carbocycles. The highest BCUT2D eigenvalue weighted by molar-refractivity contribution is 8.13. The minimum atomic E-state index is -0.147. The molecule has 2 amide bonds. The van der Waals surface area contributed by atoms with E-state index in [0.717, 1.165) is 11.3 Å². The second-order valence-corrected chi connectivity index (χ2v) is 6.26. The Morgan fingerprint density at radius 1 is 1.40 bits per heavy atom. The van der Waals surface area contributed by atoms with Crippen molar-refractivity contribution >= 4 is 46.1 Å². The van der Waals surface area contributed by atoms with Gasteiger partial charge >= 0.3 is 0 Å². The lowest BCUT2D eigenvalue weighted by molar-refractivity contribution is -0.121. The first-order chi connectivity index (χ1) is 9.56. The number of carbonyl (C=O) groups excluding carboxylic acids is 2. The Morgan fingerprint density at radius 3 is 2.85 bits per heavy atom. The number of rotatable bonds is 5. The van der Waals surface area contributed by atoms with Gasteiger partial charge in [0.2, 0.25) is 5.91 Å². The third-order valence-corrected chi connectivity index (χ3v) is 4.39. The molecule has 7 heteroatoms. The standard InChI is InChI=1S/C13H14Cl2N2O2S/c14-10-2-1-9(11(15)7-10)3-4-16-12(18)8-17-5-6-20-13(17)19/h1-2,7H,3-6,8H2,(H,16,18). The molecule has 0 saturated carbocycles. The monoisotopic (exact) mass is 332 g/mol. The van der Waals surface area contributed by atoms with E-state index < -0.39 is 0 Å². The van der Waals surface area contributed by atoms with Crippen LogP contribution < -0.4 is 5.32 Å². The topological polar surface area (TPSA) is 49.4 Å². The predicted octanol–water partition coefficient (Wildman–Crippen LogP) is 2.82. The van der Waals surface area contributed by atoms with E-state index in [0.29, 0.717) is 29.6 Å². The fourth-order valence-electron chi connectivity index (χ4n) is 1.86. The first-order valence-electron chi connectivity index (χ1n) is 6.18. The summed E-state index contributed by atoms with van der Waals surface area (Å²) >= 11 is 13.1. The normalized spacial score (nSPS) is 14.7. The van der Waals surface area contributed by atoms with Crippen molar-refractivity contribution in [3.8, 4) is 0 Å². The Labute approximate surface area is 131 Å². The van der Waals surface area contributed by atoms with Crippen LogP contribution in [0.25, 0.3) is 0 Å². The summed E-state index contributed by atoms with van der Waals surface area (Å²) in [7, 11) is 0. The molecular weight excluding hydrogens is 319 g/mol. The zero-order chi connectivity index (χ0) is 14.5. The quantitative estimate of drug-likeness (QED) is 0.901. The van der Waals surface area contributed by atoms with Crippen molar-refractivity contribution in [1.29, 1.82) is 0 Å². The van der Waals surface area contributed by atoms with Gasteiger partial charge in [0, 0.05) is 28.9 Å². The van der Waals surface area contributed by atoms with E-state index in [1.807, 2.05) is 6.07 Å². The molecule has 4 nitrogen and oxygen atoms in total. The molecule has 1 aliphatic rings. The molecule has 1 saturated heterocycles. The smallest absolute Gasteiger partial charge is 0.282 e. The van der Waals surface area contributed by atoms with Crippen LogP contribution in [0.1, 0.15) is 5.56 Å². The predicted molar refractivity (Wildman–Crippen MR) is 82.6 cm³/mol. The van der Waals surface area contributed by atoms with Gasteiger partial charge in [-0.1, -0.05) is 41.0 Å². The van der Waals surface area contributed by atoms with Gasteiger partial charge in [0.1, 0.15) is 6.54 Å². The molecule has 0 spiro atoms. The van der Waals surface area contributed by atoms with Gasteiger partial charge in [-0.25, -0.2) is 0 Å². The molecule has 1 heterocycles. The van der Waals surface area contributed by atoms with Crippen LogP contribution in [0.4, 0.5) is 4.79 Å². The Hall–Kier alpha value is -0.910. The Balaban J connectivity index is 1.75. The average Bonchev–Trinajstić information content (AvgIpc) is 2.78. The van der Waals surface area contributed by atoms with Gasteiger partial charge < -0.3 is 10.2 Å². The zero-order valence-electron chi connectivity index (χ0n) is 10.7. The second kappa shape index (κ2) is 7.20. The molecular formula is C13H14Cl2N2O2S. The second-order valence-electron chi connectivity index (χ2n) is 4.37. The fourth-order valence-corrected chi connectivity index (χ4v) is 3.19. The van der Waals surface area contributed by atoms with Crippen LogP contribution in [0.15, 0.2) is 18.2 Å². The van der Waals surface area contributed by atoms with Crippen LogP contribution in [-0.4, -0.2) is 41.4 Å². The highest BCUT2D eigenvalue weighted by Gasteiger charge is 2.22. The van der Waals surface area contributed by atoms with Gasteiger partial charge in [-0.15, -0.1) is 0 Å². The minimum Gasteiger partial charge on any atom is -0.354 e. The molecule has 0 bridgehead atoms. The summed E-state index contributed by atoms with van der Waals surface area (Å²) in [5.41, 5.74) is 0.934. The van der Waals surface area contributed by atoms with Crippen molar-refractivity contribution in [2.45, 2.75) is 6.42 Å². The van der Waals surface area contributed by atoms with Crippen molar-refractivity contribution in [1.82, 2.24) is 10.2 Å². The number of hydrogen-bond acceptors (Lipinski definition) is 3. The Kier molecular flexibility index (Phi) is 5.57. The maximum atomic E-state index is 11.7. The summed E-state index contributed by atoms with van der Waals surface area (Å²) in [6.45, 7) is 1.25. The molecule has 0 unspecified atom stereocenters. The van der Waals surface area contributed by atoms with Crippen LogP contribution in [-0.2, 0) is 11.2 Å². The molecule has 20 heavy (non-hydrogen) atoms. The van der Waals surface area contributed by atoms with Gasteiger partial charge in [0.15, 0.2) is 0 Å². The van der Waals surface area contributed by atoms with Gasteiger partial charge in [-0.3, -0.25) is 9.59 Å². The molecule has 108 valence electrons. The third kappa shape index (κ3) is 4.30. The lowest BCUT2D eigenvalue weighted by Gasteiger charge is -2.14. The first kappa shape index (κ1) is 15.5. The van der Waals surface area contributed by atoms with Crippen molar-refractivity contribution in [2.75, 3.05) is 25.4 Å². The minimum absolute atomic E-state index is 0.0269. The molecule has 1 aromatic rings. The van der Waals surface area contributed by atoms with Crippen LogP contribution in [0.5, 0.6) is 0 Å². The maximum absolute atomic E-state index is 11.7. The summed E-state index contributed by atoms with van der Waals surface area (Å²) in [4.78, 5) is 24.6. The molecule has 0 atom stereocenters. The van der Waals surface area contributed by atoms with Crippen molar-refractivity contribution in [3.63, 3.8) is 0 Å². The van der Waals surface area contributed by atoms with E-state index in [1.165, 1.54) is 11.8 Å². The number of thioether (sulfide) groups is 1. The van der Waals surface area contributed by atoms with E-state index in [-0.39, 0.29) is 17.7 Å². The summed E-state index contributed by atoms with van der Waals surface area (Å²) in [6.07, 6.45) is 0.629. The van der Waals surface area contributed by atoms with E-state index in [4.69, 9.17) is 23.2 Å². The first-order valence-corrected chi connectivity index (χ1v) is 7.93. The summed E-state index contributed by atoms with van der Waals surface area (Å²) in [5.74, 6) is 0.609. The van der Waals surface area contributed by atoms with Crippen molar-refractivity contribution in [3.05, 3.63) is 33.8 Å². The lowest BCUT2D eigenvalue weighted by Crippen LogP contribution is -2.38. The fraction of sp³-hybridized carbons (Fsp3) is 0.385. The molecule has 0 radical (unpaired) electrons. The van der Waals surface area contributed by atoms with Crippen LogP contribution >= 0.6 is 35.0 Å². The lowest BCUT2D eigenvalue weighted by atomic mass is 10.1. The molecule has 2 rings (SSSR count). The average molecular weight is 333 g/mol. The molecule has 1 aromatic carbocycles.